The highest BCUT2D eigenvalue weighted by atomic mass is 35.5. The number of rotatable bonds is 1. The molecule has 1 saturated heterocycles. The maximum absolute atomic E-state index is 5.87. The normalized spacial score (nSPS) is 29.1. The molecule has 0 aliphatic carbocycles. The van der Waals surface area contributed by atoms with Crippen LogP contribution in [0.1, 0.15) is 25.8 Å². The van der Waals surface area contributed by atoms with Crippen molar-refractivity contribution in [3.8, 4) is 0 Å². The van der Waals surface area contributed by atoms with Crippen molar-refractivity contribution in [1.82, 2.24) is 14.8 Å². The van der Waals surface area contributed by atoms with E-state index in [2.05, 4.69) is 17.1 Å². The molecule has 1 aromatic rings. The molecule has 72 valence electrons. The Kier molecular flexibility index (Phi) is 2.51. The van der Waals surface area contributed by atoms with Crippen molar-refractivity contribution in [1.29, 1.82) is 0 Å². The minimum atomic E-state index is 0.303. The second kappa shape index (κ2) is 3.64. The first-order chi connectivity index (χ1) is 6.27. The Hall–Kier alpha value is -0.610. The van der Waals surface area contributed by atoms with Crippen molar-refractivity contribution in [2.45, 2.75) is 31.9 Å². The zero-order valence-corrected chi connectivity index (χ0v) is 8.24. The quantitative estimate of drug-likeness (QED) is 0.694. The summed E-state index contributed by atoms with van der Waals surface area (Å²) < 4.78 is 7.37. The zero-order chi connectivity index (χ0) is 9.26. The van der Waals surface area contributed by atoms with Crippen LogP contribution in [-0.4, -0.2) is 27.5 Å². The Morgan fingerprint density at radius 2 is 2.54 bits per heavy atom. The van der Waals surface area contributed by atoms with Crippen molar-refractivity contribution in [3.63, 3.8) is 0 Å². The fourth-order valence-corrected chi connectivity index (χ4v) is 1.93. The molecule has 1 aliphatic rings. The topological polar surface area (TPSA) is 39.9 Å². The van der Waals surface area contributed by atoms with Crippen LogP contribution in [0.4, 0.5) is 0 Å². The van der Waals surface area contributed by atoms with Crippen molar-refractivity contribution in [2.75, 3.05) is 6.61 Å². The van der Waals surface area contributed by atoms with Crippen LogP contribution in [0.3, 0.4) is 0 Å². The summed E-state index contributed by atoms with van der Waals surface area (Å²) in [5, 5.41) is 7.99. The molecule has 0 radical (unpaired) electrons. The lowest BCUT2D eigenvalue weighted by Crippen LogP contribution is -2.25. The molecular formula is C8H12ClN3O. The third-order valence-electron chi connectivity index (χ3n) is 2.38. The lowest BCUT2D eigenvalue weighted by Gasteiger charge is -2.27. The lowest BCUT2D eigenvalue weighted by atomic mass is 10.0. The number of hydrogen-bond acceptors (Lipinski definition) is 3. The summed E-state index contributed by atoms with van der Waals surface area (Å²) in [7, 11) is 0. The van der Waals surface area contributed by atoms with E-state index in [4.69, 9.17) is 16.3 Å². The van der Waals surface area contributed by atoms with Gasteiger partial charge >= 0.3 is 0 Å². The molecule has 0 spiro atoms. The highest BCUT2D eigenvalue weighted by Crippen LogP contribution is 2.26. The number of nitrogens with zero attached hydrogens (tertiary/aromatic N) is 3. The first-order valence-corrected chi connectivity index (χ1v) is 4.82. The minimum Gasteiger partial charge on any atom is -0.378 e. The van der Waals surface area contributed by atoms with Crippen molar-refractivity contribution >= 4 is 11.6 Å². The molecule has 4 nitrogen and oxygen atoms in total. The van der Waals surface area contributed by atoms with Gasteiger partial charge in [0.1, 0.15) is 6.33 Å². The van der Waals surface area contributed by atoms with E-state index < -0.39 is 0 Å². The van der Waals surface area contributed by atoms with E-state index in [1.165, 1.54) is 0 Å². The Balaban J connectivity index is 2.12. The van der Waals surface area contributed by atoms with Gasteiger partial charge in [-0.2, -0.15) is 0 Å². The Labute approximate surface area is 81.9 Å². The number of aromatic nitrogens is 3. The Bertz CT molecular complexity index is 289. The molecule has 0 saturated carbocycles. The van der Waals surface area contributed by atoms with Gasteiger partial charge in [0, 0.05) is 12.6 Å². The van der Waals surface area contributed by atoms with E-state index >= 15 is 0 Å². The van der Waals surface area contributed by atoms with Crippen LogP contribution in [0.5, 0.6) is 0 Å². The molecular weight excluding hydrogens is 190 g/mol. The number of hydrogen-bond donors (Lipinski definition) is 0. The van der Waals surface area contributed by atoms with Gasteiger partial charge in [0.15, 0.2) is 0 Å². The second-order valence-corrected chi connectivity index (χ2v) is 3.70. The van der Waals surface area contributed by atoms with Crippen LogP contribution in [0.15, 0.2) is 6.33 Å². The van der Waals surface area contributed by atoms with Crippen LogP contribution in [0, 0.1) is 0 Å². The fraction of sp³-hybridized carbons (Fsp3) is 0.750. The van der Waals surface area contributed by atoms with Gasteiger partial charge in [0.2, 0.25) is 5.28 Å². The Morgan fingerprint density at radius 1 is 1.69 bits per heavy atom. The minimum absolute atomic E-state index is 0.303. The van der Waals surface area contributed by atoms with Crippen molar-refractivity contribution in [3.05, 3.63) is 11.6 Å². The first-order valence-electron chi connectivity index (χ1n) is 4.44. The monoisotopic (exact) mass is 201 g/mol. The summed E-state index contributed by atoms with van der Waals surface area (Å²) in [6, 6.07) is 0.395. The largest absolute Gasteiger partial charge is 0.378 e. The third-order valence-corrected chi connectivity index (χ3v) is 2.65. The van der Waals surface area contributed by atoms with Gasteiger partial charge in [-0.1, -0.05) is 0 Å². The molecule has 0 N–H and O–H groups in total. The van der Waals surface area contributed by atoms with Gasteiger partial charge < -0.3 is 9.30 Å². The third kappa shape index (κ3) is 1.84. The summed E-state index contributed by atoms with van der Waals surface area (Å²) in [6.45, 7) is 2.87. The van der Waals surface area contributed by atoms with E-state index in [-0.39, 0.29) is 0 Å². The summed E-state index contributed by atoms with van der Waals surface area (Å²) >= 11 is 5.87. The number of halogens is 1. The predicted octanol–water partition coefficient (Wildman–Crippen LogP) is 1.67. The van der Waals surface area contributed by atoms with Crippen LogP contribution in [0.2, 0.25) is 5.28 Å². The van der Waals surface area contributed by atoms with Crippen molar-refractivity contribution < 1.29 is 4.74 Å². The van der Waals surface area contributed by atoms with Gasteiger partial charge in [-0.25, -0.2) is 0 Å². The summed E-state index contributed by atoms with van der Waals surface area (Å²) in [6.07, 6.45) is 3.96. The summed E-state index contributed by atoms with van der Waals surface area (Å²) in [4.78, 5) is 0. The molecule has 2 unspecified atom stereocenters. The molecule has 2 atom stereocenters. The molecule has 1 fully saturated rings. The molecule has 13 heavy (non-hydrogen) atoms. The van der Waals surface area contributed by atoms with Gasteiger partial charge in [-0.15, -0.1) is 10.2 Å². The standard InChI is InChI=1S/C8H12ClN3O/c1-6-4-7(2-3-13-6)12-5-10-11-8(12)9/h5-7H,2-4H2,1H3. The van der Waals surface area contributed by atoms with Crippen molar-refractivity contribution in [2.24, 2.45) is 0 Å². The lowest BCUT2D eigenvalue weighted by molar-refractivity contribution is 0.00593. The fourth-order valence-electron chi connectivity index (χ4n) is 1.70. The summed E-state index contributed by atoms with van der Waals surface area (Å²) in [5.74, 6) is 0. The van der Waals surface area contributed by atoms with E-state index in [1.807, 2.05) is 4.57 Å². The maximum Gasteiger partial charge on any atom is 0.225 e. The van der Waals surface area contributed by atoms with E-state index in [9.17, 15) is 0 Å². The van der Waals surface area contributed by atoms with Crippen LogP contribution in [-0.2, 0) is 4.74 Å². The molecule has 1 aliphatic heterocycles. The van der Waals surface area contributed by atoms with Crippen LogP contribution < -0.4 is 0 Å². The molecule has 0 bridgehead atoms. The van der Waals surface area contributed by atoms with E-state index in [0.717, 1.165) is 19.4 Å². The van der Waals surface area contributed by atoms with Crippen LogP contribution in [0.25, 0.3) is 0 Å². The Morgan fingerprint density at radius 3 is 3.15 bits per heavy atom. The zero-order valence-electron chi connectivity index (χ0n) is 7.48. The second-order valence-electron chi connectivity index (χ2n) is 3.37. The van der Waals surface area contributed by atoms with Gasteiger partial charge in [-0.05, 0) is 31.4 Å². The SMILES string of the molecule is CC1CC(n2cnnc2Cl)CCO1. The van der Waals surface area contributed by atoms with Gasteiger partial charge in [-0.3, -0.25) is 0 Å². The maximum atomic E-state index is 5.87. The highest BCUT2D eigenvalue weighted by Gasteiger charge is 2.22. The molecule has 2 heterocycles. The predicted molar refractivity (Wildman–Crippen MR) is 48.7 cm³/mol. The highest BCUT2D eigenvalue weighted by molar-refractivity contribution is 6.28. The molecule has 1 aromatic heterocycles. The molecule has 2 rings (SSSR count). The van der Waals surface area contributed by atoms with E-state index in [0.29, 0.717) is 17.4 Å². The van der Waals surface area contributed by atoms with Gasteiger partial charge in [0.05, 0.1) is 6.10 Å². The average molecular weight is 202 g/mol. The number of ether oxygens (including phenoxy) is 1. The van der Waals surface area contributed by atoms with Gasteiger partial charge in [0.25, 0.3) is 0 Å². The first kappa shape index (κ1) is 8.97. The molecule has 0 aromatic carbocycles. The van der Waals surface area contributed by atoms with E-state index in [1.54, 1.807) is 6.33 Å². The average Bonchev–Trinajstić information content (AvgIpc) is 2.51. The molecule has 0 amide bonds. The van der Waals surface area contributed by atoms with Crippen LogP contribution >= 0.6 is 11.6 Å². The summed E-state index contributed by atoms with van der Waals surface area (Å²) in [5.41, 5.74) is 0. The smallest absolute Gasteiger partial charge is 0.225 e. The molecule has 5 heteroatoms.